The molecule has 0 bridgehead atoms. The first-order valence-electron chi connectivity index (χ1n) is 7.98. The highest BCUT2D eigenvalue weighted by atomic mass is 35.5. The van der Waals surface area contributed by atoms with E-state index in [-0.39, 0.29) is 40.6 Å². The second-order valence-corrected chi connectivity index (χ2v) is 6.23. The summed E-state index contributed by atoms with van der Waals surface area (Å²) in [4.78, 5) is 18.0. The predicted molar refractivity (Wildman–Crippen MR) is 96.1 cm³/mol. The van der Waals surface area contributed by atoms with Gasteiger partial charge < -0.3 is 19.2 Å². The fraction of sp³-hybridized carbons (Fsp3) is 0.158. The largest absolute Gasteiger partial charge is 0.508 e. The summed E-state index contributed by atoms with van der Waals surface area (Å²) in [6, 6.07) is 10.4. The van der Waals surface area contributed by atoms with Crippen LogP contribution in [0.3, 0.4) is 0 Å². The molecule has 0 atom stereocenters. The number of carbonyl (C=O) groups excluding carboxylic acids is 1. The number of phenols is 1. The van der Waals surface area contributed by atoms with Crippen LogP contribution in [0.25, 0.3) is 0 Å². The highest BCUT2D eigenvalue weighted by molar-refractivity contribution is 6.32. The second kappa shape index (κ2) is 8.09. The maximum absolute atomic E-state index is 13.0. The van der Waals surface area contributed by atoms with Crippen molar-refractivity contribution in [2.45, 2.75) is 13.2 Å². The van der Waals surface area contributed by atoms with Crippen LogP contribution in [0.2, 0.25) is 5.02 Å². The van der Waals surface area contributed by atoms with Crippen LogP contribution in [-0.2, 0) is 13.2 Å². The molecule has 8 heteroatoms. The van der Waals surface area contributed by atoms with Crippen molar-refractivity contribution in [3.8, 4) is 11.5 Å². The molecule has 3 rings (SSSR count). The van der Waals surface area contributed by atoms with Crippen molar-refractivity contribution in [3.63, 3.8) is 0 Å². The van der Waals surface area contributed by atoms with Gasteiger partial charge in [-0.3, -0.25) is 4.79 Å². The summed E-state index contributed by atoms with van der Waals surface area (Å²) in [5.74, 6) is -0.206. The van der Waals surface area contributed by atoms with Gasteiger partial charge in [-0.25, -0.2) is 9.37 Å². The number of hydrogen-bond acceptors (Lipinski definition) is 5. The molecule has 1 heterocycles. The number of ether oxygens (including phenoxy) is 1. The highest BCUT2D eigenvalue weighted by Gasteiger charge is 2.17. The van der Waals surface area contributed by atoms with Gasteiger partial charge in [0, 0.05) is 13.6 Å². The van der Waals surface area contributed by atoms with E-state index in [1.54, 1.807) is 31.3 Å². The zero-order valence-electron chi connectivity index (χ0n) is 14.4. The van der Waals surface area contributed by atoms with E-state index in [1.807, 2.05) is 0 Å². The Kier molecular flexibility index (Phi) is 5.61. The number of benzene rings is 2. The minimum atomic E-state index is -0.467. The highest BCUT2D eigenvalue weighted by Crippen LogP contribution is 2.25. The molecule has 0 spiro atoms. The van der Waals surface area contributed by atoms with E-state index in [0.29, 0.717) is 6.54 Å². The van der Waals surface area contributed by atoms with Crippen molar-refractivity contribution in [3.05, 3.63) is 76.7 Å². The molecule has 27 heavy (non-hydrogen) atoms. The summed E-state index contributed by atoms with van der Waals surface area (Å²) in [7, 11) is 1.62. The monoisotopic (exact) mass is 390 g/mol. The van der Waals surface area contributed by atoms with E-state index in [9.17, 15) is 14.3 Å². The molecule has 0 unspecified atom stereocenters. The standard InChI is InChI=1S/C19H16ClFN2O4/c1-23(9-12-3-2-4-14(24)7-12)19(25)16-10-27-18(22-16)11-26-17-6-5-13(21)8-15(17)20/h2-8,10,24H,9,11H2,1H3. The van der Waals surface area contributed by atoms with Crippen LogP contribution in [0.5, 0.6) is 11.5 Å². The summed E-state index contributed by atoms with van der Waals surface area (Å²) in [6.45, 7) is 0.242. The first-order chi connectivity index (χ1) is 12.9. The average molecular weight is 391 g/mol. The summed E-state index contributed by atoms with van der Waals surface area (Å²) in [5.41, 5.74) is 0.908. The number of amides is 1. The molecule has 6 nitrogen and oxygen atoms in total. The summed E-state index contributed by atoms with van der Waals surface area (Å²) >= 11 is 5.89. The predicted octanol–water partition coefficient (Wildman–Crippen LogP) is 4.02. The van der Waals surface area contributed by atoms with E-state index in [2.05, 4.69) is 4.98 Å². The van der Waals surface area contributed by atoms with Crippen LogP contribution < -0.4 is 4.74 Å². The normalized spacial score (nSPS) is 10.6. The van der Waals surface area contributed by atoms with E-state index in [4.69, 9.17) is 20.8 Å². The van der Waals surface area contributed by atoms with Gasteiger partial charge in [0.05, 0.1) is 5.02 Å². The molecule has 1 N–H and O–H groups in total. The van der Waals surface area contributed by atoms with E-state index >= 15 is 0 Å². The van der Waals surface area contributed by atoms with Crippen molar-refractivity contribution < 1.29 is 23.4 Å². The van der Waals surface area contributed by atoms with Crippen LogP contribution in [0.1, 0.15) is 21.9 Å². The smallest absolute Gasteiger partial charge is 0.275 e. The molecule has 0 aliphatic heterocycles. The van der Waals surface area contributed by atoms with Gasteiger partial charge in [-0.2, -0.15) is 0 Å². The van der Waals surface area contributed by atoms with Gasteiger partial charge in [-0.05, 0) is 35.9 Å². The number of nitrogens with zero attached hydrogens (tertiary/aromatic N) is 2. The molecule has 1 amide bonds. The SMILES string of the molecule is CN(Cc1cccc(O)c1)C(=O)c1coc(COc2ccc(F)cc2Cl)n1. The topological polar surface area (TPSA) is 75.8 Å². The van der Waals surface area contributed by atoms with Crippen LogP contribution in [0.4, 0.5) is 4.39 Å². The van der Waals surface area contributed by atoms with Crippen molar-refractivity contribution >= 4 is 17.5 Å². The van der Waals surface area contributed by atoms with Crippen molar-refractivity contribution in [1.29, 1.82) is 0 Å². The van der Waals surface area contributed by atoms with Crippen LogP contribution in [-0.4, -0.2) is 27.9 Å². The molecule has 140 valence electrons. The average Bonchev–Trinajstić information content (AvgIpc) is 3.09. The summed E-state index contributed by atoms with van der Waals surface area (Å²) in [5, 5.41) is 9.63. The summed E-state index contributed by atoms with van der Waals surface area (Å²) in [6.07, 6.45) is 1.24. The summed E-state index contributed by atoms with van der Waals surface area (Å²) < 4.78 is 23.7. The zero-order valence-corrected chi connectivity index (χ0v) is 15.1. The van der Waals surface area contributed by atoms with Gasteiger partial charge in [-0.15, -0.1) is 0 Å². The number of hydrogen-bond donors (Lipinski definition) is 1. The van der Waals surface area contributed by atoms with Gasteiger partial charge >= 0.3 is 0 Å². The molecule has 0 saturated carbocycles. The number of aromatic hydroxyl groups is 1. The van der Waals surface area contributed by atoms with Crippen LogP contribution in [0, 0.1) is 5.82 Å². The number of rotatable bonds is 6. The molecule has 1 aromatic heterocycles. The number of oxazole rings is 1. The number of halogens is 2. The van der Waals surface area contributed by atoms with Crippen LogP contribution >= 0.6 is 11.6 Å². The molecule has 0 saturated heterocycles. The van der Waals surface area contributed by atoms with Crippen molar-refractivity contribution in [2.24, 2.45) is 0 Å². The maximum atomic E-state index is 13.0. The van der Waals surface area contributed by atoms with Crippen LogP contribution in [0.15, 0.2) is 53.1 Å². The molecule has 0 fully saturated rings. The quantitative estimate of drug-likeness (QED) is 0.687. The second-order valence-electron chi connectivity index (χ2n) is 5.82. The molecule has 0 radical (unpaired) electrons. The molecular formula is C19H16ClFN2O4. The number of carbonyl (C=O) groups is 1. The van der Waals surface area contributed by atoms with Crippen molar-refractivity contribution in [1.82, 2.24) is 9.88 Å². The molecule has 3 aromatic rings. The Morgan fingerprint density at radius 2 is 2.15 bits per heavy atom. The van der Waals surface area contributed by atoms with Crippen molar-refractivity contribution in [2.75, 3.05) is 7.05 Å². The molecular weight excluding hydrogens is 375 g/mol. The Balaban J connectivity index is 1.61. The molecule has 2 aromatic carbocycles. The fourth-order valence-electron chi connectivity index (χ4n) is 2.40. The first kappa shape index (κ1) is 18.7. The lowest BCUT2D eigenvalue weighted by atomic mass is 10.2. The Bertz CT molecular complexity index is 960. The lowest BCUT2D eigenvalue weighted by Gasteiger charge is -2.15. The van der Waals surface area contributed by atoms with E-state index in [0.717, 1.165) is 11.6 Å². The minimum absolute atomic E-state index is 0.0606. The van der Waals surface area contributed by atoms with Gasteiger partial charge in [0.2, 0.25) is 5.89 Å². The number of phenolic OH excluding ortho intramolecular Hbond substituents is 1. The lowest BCUT2D eigenvalue weighted by Crippen LogP contribution is -2.26. The van der Waals surface area contributed by atoms with Gasteiger partial charge in [0.15, 0.2) is 12.3 Å². The Hall–Kier alpha value is -3.06. The van der Waals surface area contributed by atoms with Gasteiger partial charge in [0.1, 0.15) is 23.6 Å². The Morgan fingerprint density at radius 1 is 1.33 bits per heavy atom. The minimum Gasteiger partial charge on any atom is -0.508 e. The third kappa shape index (κ3) is 4.77. The molecule has 0 aliphatic rings. The van der Waals surface area contributed by atoms with E-state index < -0.39 is 5.82 Å². The number of aromatic nitrogens is 1. The Labute approximate surface area is 159 Å². The third-order valence-corrected chi connectivity index (χ3v) is 3.99. The maximum Gasteiger partial charge on any atom is 0.275 e. The third-order valence-electron chi connectivity index (χ3n) is 3.69. The Morgan fingerprint density at radius 3 is 2.89 bits per heavy atom. The van der Waals surface area contributed by atoms with Gasteiger partial charge in [-0.1, -0.05) is 23.7 Å². The lowest BCUT2D eigenvalue weighted by molar-refractivity contribution is 0.0779. The van der Waals surface area contributed by atoms with Gasteiger partial charge in [0.25, 0.3) is 5.91 Å². The molecule has 0 aliphatic carbocycles. The first-order valence-corrected chi connectivity index (χ1v) is 8.36. The zero-order chi connectivity index (χ0) is 19.4. The fourth-order valence-corrected chi connectivity index (χ4v) is 2.62. The van der Waals surface area contributed by atoms with E-state index in [1.165, 1.54) is 23.3 Å².